The molecule has 1 unspecified atom stereocenters. The predicted molar refractivity (Wildman–Crippen MR) is 86.4 cm³/mol. The van der Waals surface area contributed by atoms with Crippen molar-refractivity contribution in [3.8, 4) is 0 Å². The second-order valence-electron chi connectivity index (χ2n) is 6.52. The molecule has 0 saturated carbocycles. The van der Waals surface area contributed by atoms with Crippen LogP contribution in [-0.2, 0) is 28.8 Å². The predicted octanol–water partition coefficient (Wildman–Crippen LogP) is -2.21. The number of hydroxylamine groups is 2. The van der Waals surface area contributed by atoms with Crippen molar-refractivity contribution in [3.05, 3.63) is 12.2 Å². The standard InChI is InChI=1S/C16H19N3O9/c20-7-10-9(21)5-13(27-10)18-6-8(15(25)17-16(18)26)1-4-14(24)28-19-11(22)2-3-12(19)23/h1,4,8-10,13,20-21H,2-3,5-7H2,(H,17,25,26)/b4-1+/t8?,9-,10-,13-/m1/s1. The molecule has 0 bridgehead atoms. The molecule has 5 amide bonds. The summed E-state index contributed by atoms with van der Waals surface area (Å²) in [5.41, 5.74) is 0. The summed E-state index contributed by atoms with van der Waals surface area (Å²) in [6.07, 6.45) is -0.600. The molecule has 0 aromatic heterocycles. The molecule has 3 fully saturated rings. The van der Waals surface area contributed by atoms with E-state index in [-0.39, 0.29) is 25.8 Å². The van der Waals surface area contributed by atoms with Crippen LogP contribution in [0.15, 0.2) is 12.2 Å². The lowest BCUT2D eigenvalue weighted by atomic mass is 10.0. The Kier molecular flexibility index (Phi) is 5.72. The first-order valence-electron chi connectivity index (χ1n) is 8.62. The van der Waals surface area contributed by atoms with Crippen LogP contribution in [0.2, 0.25) is 0 Å². The van der Waals surface area contributed by atoms with E-state index in [1.165, 1.54) is 11.0 Å². The molecule has 12 heteroatoms. The fourth-order valence-electron chi connectivity index (χ4n) is 3.09. The number of nitrogens with one attached hydrogen (secondary N) is 1. The Hall–Kier alpha value is -2.83. The average Bonchev–Trinajstić information content (AvgIpc) is 3.17. The van der Waals surface area contributed by atoms with Gasteiger partial charge in [0.1, 0.15) is 12.3 Å². The van der Waals surface area contributed by atoms with Crippen molar-refractivity contribution < 1.29 is 43.8 Å². The van der Waals surface area contributed by atoms with Gasteiger partial charge in [0.25, 0.3) is 11.8 Å². The molecule has 12 nitrogen and oxygen atoms in total. The van der Waals surface area contributed by atoms with Crippen LogP contribution < -0.4 is 5.32 Å². The molecule has 3 aliphatic heterocycles. The van der Waals surface area contributed by atoms with Gasteiger partial charge in [0.15, 0.2) is 0 Å². The first-order chi connectivity index (χ1) is 13.3. The number of amides is 5. The number of imide groups is 2. The van der Waals surface area contributed by atoms with Gasteiger partial charge in [0.2, 0.25) is 5.91 Å². The highest BCUT2D eigenvalue weighted by Gasteiger charge is 2.42. The van der Waals surface area contributed by atoms with E-state index in [1.54, 1.807) is 0 Å². The minimum Gasteiger partial charge on any atom is -0.394 e. The number of ether oxygens (including phenoxy) is 1. The zero-order valence-corrected chi connectivity index (χ0v) is 14.6. The summed E-state index contributed by atoms with van der Waals surface area (Å²) in [7, 11) is 0. The molecule has 0 radical (unpaired) electrons. The highest BCUT2D eigenvalue weighted by Crippen LogP contribution is 2.25. The molecule has 0 aromatic carbocycles. The van der Waals surface area contributed by atoms with E-state index in [0.29, 0.717) is 5.06 Å². The quantitative estimate of drug-likeness (QED) is 0.345. The summed E-state index contributed by atoms with van der Waals surface area (Å²) < 4.78 is 5.41. The highest BCUT2D eigenvalue weighted by atomic mass is 16.7. The Morgan fingerprint density at radius 3 is 2.54 bits per heavy atom. The topological polar surface area (TPSA) is 163 Å². The molecule has 3 N–H and O–H groups in total. The molecule has 3 saturated heterocycles. The minimum absolute atomic E-state index is 0.0417. The van der Waals surface area contributed by atoms with Crippen molar-refractivity contribution >= 4 is 29.7 Å². The molecule has 3 heterocycles. The van der Waals surface area contributed by atoms with Crippen LogP contribution in [0.3, 0.4) is 0 Å². The fourth-order valence-corrected chi connectivity index (χ4v) is 3.09. The van der Waals surface area contributed by atoms with Gasteiger partial charge in [-0.05, 0) is 0 Å². The van der Waals surface area contributed by atoms with Crippen LogP contribution in [0.25, 0.3) is 0 Å². The van der Waals surface area contributed by atoms with Gasteiger partial charge in [-0.3, -0.25) is 24.6 Å². The van der Waals surface area contributed by atoms with Gasteiger partial charge >= 0.3 is 12.0 Å². The maximum Gasteiger partial charge on any atom is 0.356 e. The second-order valence-corrected chi connectivity index (χ2v) is 6.52. The summed E-state index contributed by atoms with van der Waals surface area (Å²) in [5.74, 6) is -3.86. The Balaban J connectivity index is 1.61. The van der Waals surface area contributed by atoms with E-state index in [0.717, 1.165) is 6.08 Å². The number of nitrogens with zero attached hydrogens (tertiary/aromatic N) is 2. The third kappa shape index (κ3) is 4.03. The first kappa shape index (κ1) is 19.9. The molecule has 4 atom stereocenters. The summed E-state index contributed by atoms with van der Waals surface area (Å²) in [6.45, 7) is -0.555. The number of carbonyl (C=O) groups excluding carboxylic acids is 5. The molecule has 3 aliphatic rings. The maximum atomic E-state index is 12.1. The lowest BCUT2D eigenvalue weighted by Gasteiger charge is -2.34. The Labute approximate surface area is 158 Å². The highest BCUT2D eigenvalue weighted by molar-refractivity contribution is 6.02. The fraction of sp³-hybridized carbons (Fsp3) is 0.562. The number of urea groups is 1. The van der Waals surface area contributed by atoms with Gasteiger partial charge in [0.05, 0.1) is 18.6 Å². The van der Waals surface area contributed by atoms with Gasteiger partial charge < -0.3 is 19.8 Å². The van der Waals surface area contributed by atoms with Crippen molar-refractivity contribution in [2.24, 2.45) is 5.92 Å². The normalized spacial score (nSPS) is 31.1. The Morgan fingerprint density at radius 1 is 1.25 bits per heavy atom. The third-order valence-corrected chi connectivity index (χ3v) is 4.60. The number of aliphatic hydroxyl groups excluding tert-OH is 2. The van der Waals surface area contributed by atoms with Crippen LogP contribution in [0.5, 0.6) is 0 Å². The van der Waals surface area contributed by atoms with E-state index in [4.69, 9.17) is 9.84 Å². The number of carbonyl (C=O) groups is 5. The number of aliphatic hydroxyl groups is 2. The van der Waals surface area contributed by atoms with E-state index in [2.05, 4.69) is 10.2 Å². The van der Waals surface area contributed by atoms with E-state index < -0.39 is 60.7 Å². The van der Waals surface area contributed by atoms with E-state index in [9.17, 15) is 29.1 Å². The Bertz CT molecular complexity index is 721. The van der Waals surface area contributed by atoms with Crippen LogP contribution in [-0.4, -0.2) is 81.5 Å². The average molecular weight is 397 g/mol. The zero-order chi connectivity index (χ0) is 20.4. The van der Waals surface area contributed by atoms with Gasteiger partial charge in [-0.15, -0.1) is 5.06 Å². The molecular formula is C16H19N3O9. The molecule has 0 aromatic rings. The smallest absolute Gasteiger partial charge is 0.356 e. The summed E-state index contributed by atoms with van der Waals surface area (Å²) in [4.78, 5) is 64.6. The molecule has 3 rings (SSSR count). The summed E-state index contributed by atoms with van der Waals surface area (Å²) >= 11 is 0. The monoisotopic (exact) mass is 397 g/mol. The van der Waals surface area contributed by atoms with E-state index >= 15 is 0 Å². The lowest BCUT2D eigenvalue weighted by Crippen LogP contribution is -2.57. The number of rotatable bonds is 5. The van der Waals surface area contributed by atoms with Gasteiger partial charge in [0, 0.05) is 31.9 Å². The second kappa shape index (κ2) is 8.04. The zero-order valence-electron chi connectivity index (χ0n) is 14.6. The van der Waals surface area contributed by atoms with Gasteiger partial charge in [-0.2, -0.15) is 0 Å². The van der Waals surface area contributed by atoms with E-state index in [1.807, 2.05) is 0 Å². The van der Waals surface area contributed by atoms with Crippen molar-refractivity contribution in [1.29, 1.82) is 0 Å². The Morgan fingerprint density at radius 2 is 1.93 bits per heavy atom. The number of hydrogen-bond acceptors (Lipinski definition) is 9. The maximum absolute atomic E-state index is 12.1. The largest absolute Gasteiger partial charge is 0.394 e. The van der Waals surface area contributed by atoms with Crippen molar-refractivity contribution in [3.63, 3.8) is 0 Å². The van der Waals surface area contributed by atoms with Crippen LogP contribution in [0.4, 0.5) is 4.79 Å². The van der Waals surface area contributed by atoms with Gasteiger partial charge in [-0.25, -0.2) is 9.59 Å². The van der Waals surface area contributed by atoms with Crippen LogP contribution in [0, 0.1) is 5.92 Å². The van der Waals surface area contributed by atoms with Crippen molar-refractivity contribution in [2.75, 3.05) is 13.2 Å². The molecule has 0 aliphatic carbocycles. The van der Waals surface area contributed by atoms with Crippen molar-refractivity contribution in [2.45, 2.75) is 37.7 Å². The number of hydrogen-bond donors (Lipinski definition) is 3. The van der Waals surface area contributed by atoms with Gasteiger partial charge in [-0.1, -0.05) is 6.08 Å². The van der Waals surface area contributed by atoms with Crippen LogP contribution >= 0.6 is 0 Å². The minimum atomic E-state index is -1.02. The SMILES string of the molecule is O=C(/C=C/C1CN([C@H]2C[C@@H](O)[C@@H](CO)O2)C(=O)NC1=O)ON1C(=O)CCC1=O. The summed E-state index contributed by atoms with van der Waals surface area (Å²) in [5, 5.41) is 21.4. The summed E-state index contributed by atoms with van der Waals surface area (Å²) in [6, 6.07) is -0.721. The third-order valence-electron chi connectivity index (χ3n) is 4.60. The molecular weight excluding hydrogens is 378 g/mol. The van der Waals surface area contributed by atoms with Crippen LogP contribution in [0.1, 0.15) is 19.3 Å². The first-order valence-corrected chi connectivity index (χ1v) is 8.62. The van der Waals surface area contributed by atoms with Crippen molar-refractivity contribution in [1.82, 2.24) is 15.3 Å². The lowest BCUT2D eigenvalue weighted by molar-refractivity contribution is -0.193. The molecule has 152 valence electrons. The molecule has 28 heavy (non-hydrogen) atoms. The molecule has 0 spiro atoms.